The van der Waals surface area contributed by atoms with Gasteiger partial charge in [0.25, 0.3) is 0 Å². The van der Waals surface area contributed by atoms with Crippen molar-refractivity contribution in [2.45, 2.75) is 64.1 Å². The van der Waals surface area contributed by atoms with E-state index in [0.717, 1.165) is 12.8 Å². The molecule has 2 unspecified atom stereocenters. The highest BCUT2D eigenvalue weighted by atomic mass is 16.1. The fourth-order valence-electron chi connectivity index (χ4n) is 3.19. The van der Waals surface area contributed by atoms with E-state index in [1.165, 1.54) is 32.4 Å². The van der Waals surface area contributed by atoms with Crippen LogP contribution in [0.15, 0.2) is 0 Å². The highest BCUT2D eigenvalue weighted by molar-refractivity contribution is 5.80. The first kappa shape index (κ1) is 13.0. The van der Waals surface area contributed by atoms with Crippen LogP contribution in [0.3, 0.4) is 0 Å². The summed E-state index contributed by atoms with van der Waals surface area (Å²) in [6.45, 7) is 6.83. The van der Waals surface area contributed by atoms with Crippen LogP contribution < -0.4 is 0 Å². The number of Topliss-reactive ketones (excluding diaryl/α,β-unsaturated/α-hetero) is 1. The molecule has 2 aliphatic rings. The summed E-state index contributed by atoms with van der Waals surface area (Å²) in [5.74, 6) is 0.494. The zero-order valence-corrected chi connectivity index (χ0v) is 11.5. The number of carbonyl (C=O) groups is 1. The average molecular weight is 238 g/mol. The van der Waals surface area contributed by atoms with Gasteiger partial charge in [-0.2, -0.15) is 0 Å². The van der Waals surface area contributed by atoms with Crippen molar-refractivity contribution in [1.29, 1.82) is 0 Å². The smallest absolute Gasteiger partial charge is 0.136 e. The van der Waals surface area contributed by atoms with E-state index < -0.39 is 0 Å². The molecule has 0 spiro atoms. The number of hydrogen-bond donors (Lipinski definition) is 0. The van der Waals surface area contributed by atoms with E-state index in [2.05, 4.69) is 30.7 Å². The minimum atomic E-state index is 0.494. The first-order valence-electron chi connectivity index (χ1n) is 7.05. The number of rotatable bonds is 5. The lowest BCUT2D eigenvalue weighted by molar-refractivity contribution is -0.123. The molecular weight excluding hydrogens is 212 g/mol. The fourth-order valence-corrected chi connectivity index (χ4v) is 3.19. The quantitative estimate of drug-likeness (QED) is 0.731. The van der Waals surface area contributed by atoms with E-state index >= 15 is 0 Å². The molecule has 17 heavy (non-hydrogen) atoms. The molecule has 98 valence electrons. The summed E-state index contributed by atoms with van der Waals surface area (Å²) in [5, 5.41) is 0. The third kappa shape index (κ3) is 3.08. The minimum absolute atomic E-state index is 0.494. The number of carbonyl (C=O) groups excluding carboxylic acids is 1. The van der Waals surface area contributed by atoms with Gasteiger partial charge in [-0.25, -0.2) is 0 Å². The van der Waals surface area contributed by atoms with Gasteiger partial charge in [0, 0.05) is 31.0 Å². The molecule has 2 heterocycles. The maximum atomic E-state index is 11.5. The Bertz CT molecular complexity index is 261. The van der Waals surface area contributed by atoms with Gasteiger partial charge in [-0.15, -0.1) is 0 Å². The lowest BCUT2D eigenvalue weighted by Gasteiger charge is -2.34. The molecule has 2 fully saturated rings. The number of ketones is 1. The van der Waals surface area contributed by atoms with Crippen molar-refractivity contribution >= 4 is 5.78 Å². The summed E-state index contributed by atoms with van der Waals surface area (Å²) in [7, 11) is 2.19. The van der Waals surface area contributed by atoms with Gasteiger partial charge in [0.15, 0.2) is 0 Å². The van der Waals surface area contributed by atoms with Crippen LogP contribution in [-0.4, -0.2) is 53.8 Å². The van der Waals surface area contributed by atoms with E-state index in [1.807, 2.05) is 0 Å². The van der Waals surface area contributed by atoms with Gasteiger partial charge in [-0.3, -0.25) is 9.69 Å². The molecule has 0 aromatic carbocycles. The van der Waals surface area contributed by atoms with Gasteiger partial charge in [-0.05, 0) is 53.2 Å². The summed E-state index contributed by atoms with van der Waals surface area (Å²) in [6.07, 6.45) is 5.36. The van der Waals surface area contributed by atoms with Crippen molar-refractivity contribution < 1.29 is 4.79 Å². The Kier molecular flexibility index (Phi) is 4.21. The van der Waals surface area contributed by atoms with Gasteiger partial charge in [-0.1, -0.05) is 0 Å². The summed E-state index contributed by atoms with van der Waals surface area (Å²) < 4.78 is 0. The molecule has 2 atom stereocenters. The number of hydrogen-bond acceptors (Lipinski definition) is 3. The molecule has 0 aliphatic carbocycles. The van der Waals surface area contributed by atoms with E-state index in [1.54, 1.807) is 0 Å². The van der Waals surface area contributed by atoms with Crippen molar-refractivity contribution in [2.75, 3.05) is 20.1 Å². The standard InChI is InChI=1S/C14H26N2O/c1-11(2)15(3)7-4-8-16-12-5-6-13(16)10-14(17)9-12/h11-13H,4-10H2,1-3H3. The van der Waals surface area contributed by atoms with E-state index in [4.69, 9.17) is 0 Å². The van der Waals surface area contributed by atoms with Gasteiger partial charge < -0.3 is 4.90 Å². The van der Waals surface area contributed by atoms with Crippen molar-refractivity contribution in [2.24, 2.45) is 0 Å². The summed E-state index contributed by atoms with van der Waals surface area (Å²) in [5.41, 5.74) is 0. The Balaban J connectivity index is 1.75. The molecule has 0 N–H and O–H groups in total. The molecule has 2 saturated heterocycles. The van der Waals surface area contributed by atoms with E-state index in [0.29, 0.717) is 23.9 Å². The zero-order chi connectivity index (χ0) is 12.4. The predicted octanol–water partition coefficient (Wildman–Crippen LogP) is 1.91. The number of nitrogens with zero attached hydrogens (tertiary/aromatic N) is 2. The zero-order valence-electron chi connectivity index (χ0n) is 11.5. The van der Waals surface area contributed by atoms with Crippen molar-refractivity contribution in [3.05, 3.63) is 0 Å². The van der Waals surface area contributed by atoms with Crippen LogP contribution in [0.5, 0.6) is 0 Å². The second-order valence-electron chi connectivity index (χ2n) is 6.00. The molecule has 3 nitrogen and oxygen atoms in total. The third-order valence-corrected chi connectivity index (χ3v) is 4.51. The number of fused-ring (bicyclic) bond motifs is 2. The highest BCUT2D eigenvalue weighted by Gasteiger charge is 2.39. The second kappa shape index (κ2) is 5.49. The van der Waals surface area contributed by atoms with Crippen LogP contribution in [-0.2, 0) is 4.79 Å². The maximum absolute atomic E-state index is 11.5. The molecule has 2 aliphatic heterocycles. The van der Waals surface area contributed by atoms with E-state index in [-0.39, 0.29) is 0 Å². The molecule has 0 saturated carbocycles. The molecule has 0 radical (unpaired) electrons. The number of piperidine rings is 1. The average Bonchev–Trinajstić information content (AvgIpc) is 2.51. The molecular formula is C14H26N2O. The SMILES string of the molecule is CC(C)N(C)CCCN1C2CCC1CC(=O)C2. The van der Waals surface area contributed by atoms with Gasteiger partial charge >= 0.3 is 0 Å². The molecule has 3 heteroatoms. The normalized spacial score (nSPS) is 29.6. The second-order valence-corrected chi connectivity index (χ2v) is 6.00. The molecule has 0 amide bonds. The Hall–Kier alpha value is -0.410. The van der Waals surface area contributed by atoms with Crippen LogP contribution in [0.4, 0.5) is 0 Å². The van der Waals surface area contributed by atoms with Crippen molar-refractivity contribution in [1.82, 2.24) is 9.80 Å². The monoisotopic (exact) mass is 238 g/mol. The topological polar surface area (TPSA) is 23.6 Å². The van der Waals surface area contributed by atoms with Crippen molar-refractivity contribution in [3.8, 4) is 0 Å². The summed E-state index contributed by atoms with van der Waals surface area (Å²) in [4.78, 5) is 16.5. The molecule has 2 bridgehead atoms. The van der Waals surface area contributed by atoms with Gasteiger partial charge in [0.2, 0.25) is 0 Å². The molecule has 2 rings (SSSR count). The Labute approximate surface area is 105 Å². The van der Waals surface area contributed by atoms with E-state index in [9.17, 15) is 4.79 Å². The maximum Gasteiger partial charge on any atom is 0.136 e. The van der Waals surface area contributed by atoms with Crippen LogP contribution in [0.2, 0.25) is 0 Å². The first-order valence-corrected chi connectivity index (χ1v) is 7.05. The van der Waals surface area contributed by atoms with Crippen molar-refractivity contribution in [3.63, 3.8) is 0 Å². The van der Waals surface area contributed by atoms with Gasteiger partial charge in [0.1, 0.15) is 5.78 Å². The van der Waals surface area contributed by atoms with Crippen LogP contribution >= 0.6 is 0 Å². The largest absolute Gasteiger partial charge is 0.304 e. The minimum Gasteiger partial charge on any atom is -0.304 e. The van der Waals surface area contributed by atoms with Crippen LogP contribution in [0.25, 0.3) is 0 Å². The Morgan fingerprint density at radius 2 is 1.88 bits per heavy atom. The van der Waals surface area contributed by atoms with Crippen LogP contribution in [0, 0.1) is 0 Å². The Morgan fingerprint density at radius 3 is 2.41 bits per heavy atom. The predicted molar refractivity (Wildman–Crippen MR) is 70.1 cm³/mol. The lowest BCUT2D eigenvalue weighted by atomic mass is 10.0. The fraction of sp³-hybridized carbons (Fsp3) is 0.929. The lowest BCUT2D eigenvalue weighted by Crippen LogP contribution is -2.44. The third-order valence-electron chi connectivity index (χ3n) is 4.51. The summed E-state index contributed by atoms with van der Waals surface area (Å²) >= 11 is 0. The Morgan fingerprint density at radius 1 is 1.29 bits per heavy atom. The first-order chi connectivity index (χ1) is 8.08. The van der Waals surface area contributed by atoms with Gasteiger partial charge in [0.05, 0.1) is 0 Å². The molecule has 0 aromatic heterocycles. The highest BCUT2D eigenvalue weighted by Crippen LogP contribution is 2.33. The summed E-state index contributed by atoms with van der Waals surface area (Å²) in [6, 6.07) is 1.78. The van der Waals surface area contributed by atoms with Crippen LogP contribution in [0.1, 0.15) is 46.0 Å². The molecule has 0 aromatic rings.